The van der Waals surface area contributed by atoms with Crippen LogP contribution in [0.15, 0.2) is 48.5 Å². The van der Waals surface area contributed by atoms with Crippen molar-refractivity contribution in [1.29, 1.82) is 0 Å². The van der Waals surface area contributed by atoms with Crippen molar-refractivity contribution in [2.24, 2.45) is 0 Å². The summed E-state index contributed by atoms with van der Waals surface area (Å²) in [5.74, 6) is -0.349. The molecule has 1 aliphatic rings. The predicted molar refractivity (Wildman–Crippen MR) is 110 cm³/mol. The molecule has 1 fully saturated rings. The Morgan fingerprint density at radius 2 is 1.75 bits per heavy atom. The van der Waals surface area contributed by atoms with Gasteiger partial charge in [0.2, 0.25) is 0 Å². The Morgan fingerprint density at radius 1 is 1.04 bits per heavy atom. The molecule has 2 aromatic carbocycles. The number of carbonyl (C=O) groups is 1. The van der Waals surface area contributed by atoms with E-state index in [0.29, 0.717) is 5.69 Å². The molecule has 2 heterocycles. The molecule has 1 aromatic heterocycles. The van der Waals surface area contributed by atoms with Gasteiger partial charge in [0, 0.05) is 45.0 Å². The van der Waals surface area contributed by atoms with Crippen LogP contribution in [0.25, 0.3) is 22.0 Å². The van der Waals surface area contributed by atoms with E-state index < -0.39 is 0 Å². The first-order valence-corrected chi connectivity index (χ1v) is 9.61. The molecular weight excluding hydrogens is 353 g/mol. The fourth-order valence-corrected chi connectivity index (χ4v) is 3.69. The van der Waals surface area contributed by atoms with E-state index in [1.807, 2.05) is 0 Å². The first kappa shape index (κ1) is 18.7. The van der Waals surface area contributed by atoms with Crippen LogP contribution < -0.4 is 0 Å². The average molecular weight is 377 g/mol. The molecule has 144 valence electrons. The van der Waals surface area contributed by atoms with Crippen molar-refractivity contribution in [3.8, 4) is 11.1 Å². The molecule has 0 aliphatic carbocycles. The molecule has 1 saturated heterocycles. The van der Waals surface area contributed by atoms with E-state index in [2.05, 4.69) is 40.0 Å². The summed E-state index contributed by atoms with van der Waals surface area (Å²) in [6, 6.07) is 14.4. The van der Waals surface area contributed by atoms with Crippen molar-refractivity contribution >= 4 is 16.7 Å². The molecule has 4 nitrogen and oxygen atoms in total. The van der Waals surface area contributed by atoms with Crippen LogP contribution in [0.3, 0.4) is 0 Å². The van der Waals surface area contributed by atoms with Gasteiger partial charge >= 0.3 is 0 Å². The van der Waals surface area contributed by atoms with Crippen LogP contribution >= 0.6 is 0 Å². The highest BCUT2D eigenvalue weighted by Crippen LogP contribution is 2.30. The maximum absolute atomic E-state index is 13.3. The van der Waals surface area contributed by atoms with Crippen LogP contribution in [-0.4, -0.2) is 53.8 Å². The lowest BCUT2D eigenvalue weighted by atomic mass is 9.98. The van der Waals surface area contributed by atoms with Crippen LogP contribution in [0.4, 0.5) is 4.39 Å². The Morgan fingerprint density at radius 3 is 2.43 bits per heavy atom. The van der Waals surface area contributed by atoms with E-state index in [4.69, 9.17) is 0 Å². The van der Waals surface area contributed by atoms with Gasteiger partial charge in [-0.25, -0.2) is 9.37 Å². The molecule has 3 aromatic rings. The third-order valence-electron chi connectivity index (χ3n) is 5.39. The maximum atomic E-state index is 13.3. The van der Waals surface area contributed by atoms with Gasteiger partial charge in [0.05, 0.1) is 5.52 Å². The molecule has 0 unspecified atom stereocenters. The van der Waals surface area contributed by atoms with Gasteiger partial charge in [0.25, 0.3) is 0 Å². The molecule has 28 heavy (non-hydrogen) atoms. The number of hydrogen-bond donors (Lipinski definition) is 0. The van der Waals surface area contributed by atoms with E-state index in [0.717, 1.165) is 54.8 Å². The average Bonchev–Trinajstić information content (AvgIpc) is 2.69. The number of benzene rings is 2. The van der Waals surface area contributed by atoms with Crippen molar-refractivity contribution in [2.45, 2.75) is 13.5 Å². The molecule has 0 atom stereocenters. The van der Waals surface area contributed by atoms with E-state index in [9.17, 15) is 9.18 Å². The molecule has 0 saturated carbocycles. The topological polar surface area (TPSA) is 36.4 Å². The summed E-state index contributed by atoms with van der Waals surface area (Å²) in [6.45, 7) is 6.66. The molecule has 5 heteroatoms. The van der Waals surface area contributed by atoms with Gasteiger partial charge in [-0.05, 0) is 48.0 Å². The van der Waals surface area contributed by atoms with Crippen molar-refractivity contribution in [2.75, 3.05) is 33.2 Å². The van der Waals surface area contributed by atoms with Gasteiger partial charge in [-0.3, -0.25) is 9.69 Å². The summed E-state index contributed by atoms with van der Waals surface area (Å²) in [5.41, 5.74) is 4.21. The van der Waals surface area contributed by atoms with Gasteiger partial charge in [-0.2, -0.15) is 0 Å². The Kier molecular flexibility index (Phi) is 5.20. The molecule has 0 amide bonds. The largest absolute Gasteiger partial charge is 0.304 e. The lowest BCUT2D eigenvalue weighted by molar-refractivity contribution is 0.101. The number of hydrogen-bond acceptors (Lipinski definition) is 4. The Bertz CT molecular complexity index is 1010. The summed E-state index contributed by atoms with van der Waals surface area (Å²) >= 11 is 0. The van der Waals surface area contributed by atoms with Gasteiger partial charge in [0.15, 0.2) is 5.78 Å². The van der Waals surface area contributed by atoms with Crippen LogP contribution in [0, 0.1) is 5.82 Å². The number of nitrogens with zero attached hydrogens (tertiary/aromatic N) is 3. The summed E-state index contributed by atoms with van der Waals surface area (Å²) in [6.07, 6.45) is 0. The second-order valence-corrected chi connectivity index (χ2v) is 7.55. The van der Waals surface area contributed by atoms with E-state index in [1.54, 1.807) is 18.2 Å². The Labute approximate surface area is 164 Å². The van der Waals surface area contributed by atoms with Crippen molar-refractivity contribution in [1.82, 2.24) is 14.8 Å². The normalized spacial score (nSPS) is 15.8. The minimum atomic E-state index is -0.275. The zero-order chi connectivity index (χ0) is 19.7. The van der Waals surface area contributed by atoms with Crippen LogP contribution in [0.5, 0.6) is 0 Å². The standard InChI is InChI=1S/C23H24FN3O/c1-16(28)22-14-21(18-4-6-19(24)7-5-18)20-8-3-17(13-23(20)25-22)15-27-11-9-26(2)10-12-27/h3-8,13-14H,9-12,15H2,1-2H3. The lowest BCUT2D eigenvalue weighted by Crippen LogP contribution is -2.43. The maximum Gasteiger partial charge on any atom is 0.178 e. The molecule has 1 aliphatic heterocycles. The van der Waals surface area contributed by atoms with Crippen molar-refractivity contribution in [3.63, 3.8) is 0 Å². The number of pyridine rings is 1. The second kappa shape index (κ2) is 7.78. The number of ketones is 1. The fraction of sp³-hybridized carbons (Fsp3) is 0.304. The molecule has 0 N–H and O–H groups in total. The Balaban J connectivity index is 1.73. The van der Waals surface area contributed by atoms with Gasteiger partial charge in [-0.15, -0.1) is 0 Å². The number of fused-ring (bicyclic) bond motifs is 1. The van der Waals surface area contributed by atoms with Gasteiger partial charge in [-0.1, -0.05) is 24.3 Å². The number of aromatic nitrogens is 1. The third-order valence-corrected chi connectivity index (χ3v) is 5.39. The zero-order valence-electron chi connectivity index (χ0n) is 16.3. The summed E-state index contributed by atoms with van der Waals surface area (Å²) < 4.78 is 13.3. The SMILES string of the molecule is CC(=O)c1cc(-c2ccc(F)cc2)c2ccc(CN3CCN(C)CC3)cc2n1. The van der Waals surface area contributed by atoms with E-state index in [1.165, 1.54) is 24.6 Å². The molecular formula is C23H24FN3O. The van der Waals surface area contributed by atoms with E-state index in [-0.39, 0.29) is 11.6 Å². The number of halogens is 1. The predicted octanol–water partition coefficient (Wildman–Crippen LogP) is 3.99. The first-order chi connectivity index (χ1) is 13.5. The summed E-state index contributed by atoms with van der Waals surface area (Å²) in [7, 11) is 2.15. The van der Waals surface area contributed by atoms with Gasteiger partial charge in [0.1, 0.15) is 11.5 Å². The Hall–Kier alpha value is -2.63. The summed E-state index contributed by atoms with van der Waals surface area (Å²) in [5, 5.41) is 0.971. The minimum Gasteiger partial charge on any atom is -0.304 e. The fourth-order valence-electron chi connectivity index (χ4n) is 3.69. The lowest BCUT2D eigenvalue weighted by Gasteiger charge is -2.32. The number of likely N-dealkylation sites (N-methyl/N-ethyl adjacent to an activating group) is 1. The quantitative estimate of drug-likeness (QED) is 0.644. The highest BCUT2D eigenvalue weighted by atomic mass is 19.1. The second-order valence-electron chi connectivity index (χ2n) is 7.55. The van der Waals surface area contributed by atoms with Crippen molar-refractivity contribution < 1.29 is 9.18 Å². The highest BCUT2D eigenvalue weighted by molar-refractivity contribution is 6.01. The molecule has 4 rings (SSSR count). The number of Topliss-reactive ketones (excluding diaryl/α,β-unsaturated/α-hetero) is 1. The van der Waals surface area contributed by atoms with Crippen LogP contribution in [0.2, 0.25) is 0 Å². The first-order valence-electron chi connectivity index (χ1n) is 9.61. The number of piperazine rings is 1. The van der Waals surface area contributed by atoms with Gasteiger partial charge < -0.3 is 4.90 Å². The summed E-state index contributed by atoms with van der Waals surface area (Å²) in [4.78, 5) is 21.4. The number of rotatable bonds is 4. The third kappa shape index (κ3) is 3.96. The van der Waals surface area contributed by atoms with Crippen LogP contribution in [0.1, 0.15) is 23.0 Å². The number of carbonyl (C=O) groups excluding carboxylic acids is 1. The van der Waals surface area contributed by atoms with E-state index >= 15 is 0 Å². The minimum absolute atomic E-state index is 0.0743. The molecule has 0 radical (unpaired) electrons. The van der Waals surface area contributed by atoms with Crippen molar-refractivity contribution in [3.05, 3.63) is 65.6 Å². The highest BCUT2D eigenvalue weighted by Gasteiger charge is 2.15. The molecule has 0 spiro atoms. The monoisotopic (exact) mass is 377 g/mol. The smallest absolute Gasteiger partial charge is 0.178 e. The zero-order valence-corrected chi connectivity index (χ0v) is 16.3. The molecule has 0 bridgehead atoms. The van der Waals surface area contributed by atoms with Crippen LogP contribution in [-0.2, 0) is 6.54 Å².